The Hall–Kier alpha value is -1.16. The highest BCUT2D eigenvalue weighted by molar-refractivity contribution is 6.19. The maximum Gasteiger partial charge on any atom is 0.229 e. The summed E-state index contributed by atoms with van der Waals surface area (Å²) < 4.78 is 12.6. The Morgan fingerprint density at radius 1 is 1.71 bits per heavy atom. The summed E-state index contributed by atoms with van der Waals surface area (Å²) in [6.07, 6.45) is 0. The maximum atomic E-state index is 12.6. The smallest absolute Gasteiger partial charge is 0.229 e. The van der Waals surface area contributed by atoms with Gasteiger partial charge in [-0.15, -0.1) is 11.6 Å². The molecule has 1 aromatic heterocycles. The molecule has 3 nitrogen and oxygen atoms in total. The fourth-order valence-electron chi connectivity index (χ4n) is 0.797. The molecule has 1 N–H and O–H groups in total. The van der Waals surface area contributed by atoms with Gasteiger partial charge in [0.25, 0.3) is 0 Å². The van der Waals surface area contributed by atoms with E-state index in [1.54, 1.807) is 6.92 Å². The van der Waals surface area contributed by atoms with Crippen LogP contribution in [0.1, 0.15) is 6.92 Å². The fraction of sp³-hybridized carbons (Fsp3) is 0.333. The Kier molecular flexibility index (Phi) is 3.83. The highest BCUT2D eigenvalue weighted by Crippen LogP contribution is 2.06. The van der Waals surface area contributed by atoms with Crippen molar-refractivity contribution < 1.29 is 9.18 Å². The van der Waals surface area contributed by atoms with Gasteiger partial charge in [0.2, 0.25) is 11.9 Å². The van der Waals surface area contributed by atoms with Gasteiger partial charge in [-0.25, -0.2) is 4.98 Å². The van der Waals surface area contributed by atoms with Crippen LogP contribution in [0.2, 0.25) is 0 Å². The Labute approximate surface area is 86.3 Å². The van der Waals surface area contributed by atoms with Crippen molar-refractivity contribution in [3.05, 3.63) is 24.1 Å². The number of halogens is 2. The topological polar surface area (TPSA) is 42.0 Å². The quantitative estimate of drug-likeness (QED) is 0.621. The van der Waals surface area contributed by atoms with Gasteiger partial charge in [-0.3, -0.25) is 4.79 Å². The molecule has 1 rings (SSSR count). The average Bonchev–Trinajstić information content (AvgIpc) is 2.16. The third-order valence-corrected chi connectivity index (χ3v) is 2.11. The first-order chi connectivity index (χ1) is 6.63. The molecule has 0 fully saturated rings. The Morgan fingerprint density at radius 3 is 3.00 bits per heavy atom. The number of nitrogens with zero attached hydrogens (tertiary/aromatic N) is 1. The van der Waals surface area contributed by atoms with Gasteiger partial charge in [0.15, 0.2) is 0 Å². The number of hydrogen-bond acceptors (Lipinski definition) is 2. The van der Waals surface area contributed by atoms with Gasteiger partial charge in [-0.1, -0.05) is 13.0 Å². The molecule has 1 atom stereocenters. The standard InChI is InChI=1S/C9H10ClFN2O/c1-6(5-10)9(14)13-8-4-2-3-7(11)12-8/h2-4,6H,5H2,1H3,(H,12,13,14). The number of hydrogen-bond donors (Lipinski definition) is 1. The zero-order chi connectivity index (χ0) is 10.6. The van der Waals surface area contributed by atoms with E-state index in [4.69, 9.17) is 11.6 Å². The molecule has 14 heavy (non-hydrogen) atoms. The normalized spacial score (nSPS) is 12.2. The molecule has 5 heteroatoms. The van der Waals surface area contributed by atoms with E-state index in [-0.39, 0.29) is 23.5 Å². The summed E-state index contributed by atoms with van der Waals surface area (Å²) >= 11 is 5.49. The van der Waals surface area contributed by atoms with Crippen LogP contribution in [0.4, 0.5) is 10.2 Å². The summed E-state index contributed by atoms with van der Waals surface area (Å²) in [6, 6.07) is 4.20. The summed E-state index contributed by atoms with van der Waals surface area (Å²) in [4.78, 5) is 14.8. The molecule has 0 radical (unpaired) electrons. The van der Waals surface area contributed by atoms with E-state index in [9.17, 15) is 9.18 Å². The highest BCUT2D eigenvalue weighted by Gasteiger charge is 2.11. The number of alkyl halides is 1. The largest absolute Gasteiger partial charge is 0.310 e. The second-order valence-electron chi connectivity index (χ2n) is 2.89. The minimum absolute atomic E-state index is 0.201. The lowest BCUT2D eigenvalue weighted by Crippen LogP contribution is -2.22. The van der Waals surface area contributed by atoms with Crippen LogP contribution in [0.15, 0.2) is 18.2 Å². The van der Waals surface area contributed by atoms with Crippen LogP contribution in [0.5, 0.6) is 0 Å². The number of aromatic nitrogens is 1. The van der Waals surface area contributed by atoms with Crippen molar-refractivity contribution >= 4 is 23.3 Å². The Balaban J connectivity index is 2.65. The SMILES string of the molecule is CC(CCl)C(=O)Nc1cccc(F)n1. The van der Waals surface area contributed by atoms with E-state index >= 15 is 0 Å². The number of carbonyl (C=O) groups excluding carboxylic acids is 1. The molecule has 0 aliphatic heterocycles. The first-order valence-corrected chi connectivity index (χ1v) is 4.66. The summed E-state index contributed by atoms with van der Waals surface area (Å²) in [5.74, 6) is -0.783. The van der Waals surface area contributed by atoms with Crippen molar-refractivity contribution in [2.24, 2.45) is 5.92 Å². The van der Waals surface area contributed by atoms with Crippen LogP contribution in [0.25, 0.3) is 0 Å². The van der Waals surface area contributed by atoms with Crippen LogP contribution in [0.3, 0.4) is 0 Å². The second-order valence-corrected chi connectivity index (χ2v) is 3.20. The monoisotopic (exact) mass is 216 g/mol. The molecule has 1 amide bonds. The van der Waals surface area contributed by atoms with E-state index in [2.05, 4.69) is 10.3 Å². The van der Waals surface area contributed by atoms with Crippen molar-refractivity contribution in [3.8, 4) is 0 Å². The van der Waals surface area contributed by atoms with E-state index in [0.29, 0.717) is 0 Å². The minimum atomic E-state index is -0.624. The molecule has 1 aromatic rings. The van der Waals surface area contributed by atoms with Gasteiger partial charge in [0.1, 0.15) is 5.82 Å². The first-order valence-electron chi connectivity index (χ1n) is 4.13. The summed E-state index contributed by atoms with van der Waals surface area (Å²) in [6.45, 7) is 1.68. The second kappa shape index (κ2) is 4.91. The Bertz CT molecular complexity index is 332. The molecule has 1 heterocycles. The molecule has 0 aliphatic rings. The first kappa shape index (κ1) is 10.9. The number of pyridine rings is 1. The van der Waals surface area contributed by atoms with Crippen LogP contribution >= 0.6 is 11.6 Å². The van der Waals surface area contributed by atoms with Gasteiger partial charge in [0.05, 0.1) is 0 Å². The van der Waals surface area contributed by atoms with Crippen molar-refractivity contribution in [2.45, 2.75) is 6.92 Å². The van der Waals surface area contributed by atoms with Gasteiger partial charge in [-0.2, -0.15) is 4.39 Å². The molecular weight excluding hydrogens is 207 g/mol. The highest BCUT2D eigenvalue weighted by atomic mass is 35.5. The van der Waals surface area contributed by atoms with Crippen molar-refractivity contribution in [1.82, 2.24) is 4.98 Å². The molecule has 0 saturated carbocycles. The van der Waals surface area contributed by atoms with E-state index < -0.39 is 5.95 Å². The molecule has 0 spiro atoms. The van der Waals surface area contributed by atoms with Gasteiger partial charge in [-0.05, 0) is 12.1 Å². The minimum Gasteiger partial charge on any atom is -0.310 e. The zero-order valence-electron chi connectivity index (χ0n) is 7.63. The lowest BCUT2D eigenvalue weighted by molar-refractivity contribution is -0.118. The van der Waals surface area contributed by atoms with Crippen molar-refractivity contribution in [1.29, 1.82) is 0 Å². The fourth-order valence-corrected chi connectivity index (χ4v) is 0.938. The van der Waals surface area contributed by atoms with Gasteiger partial charge in [0, 0.05) is 11.8 Å². The summed E-state index contributed by atoms with van der Waals surface area (Å²) in [7, 11) is 0. The maximum absolute atomic E-state index is 12.6. The summed E-state index contributed by atoms with van der Waals surface area (Å²) in [5, 5.41) is 2.46. The lowest BCUT2D eigenvalue weighted by atomic mass is 10.2. The molecule has 76 valence electrons. The molecule has 1 unspecified atom stereocenters. The molecule has 0 aliphatic carbocycles. The van der Waals surface area contributed by atoms with Crippen LogP contribution in [-0.4, -0.2) is 16.8 Å². The number of anilines is 1. The van der Waals surface area contributed by atoms with Crippen LogP contribution in [0, 0.1) is 11.9 Å². The van der Waals surface area contributed by atoms with Crippen LogP contribution < -0.4 is 5.32 Å². The Morgan fingerprint density at radius 2 is 2.43 bits per heavy atom. The number of carbonyl (C=O) groups is 1. The van der Waals surface area contributed by atoms with Crippen molar-refractivity contribution in [3.63, 3.8) is 0 Å². The van der Waals surface area contributed by atoms with Crippen molar-refractivity contribution in [2.75, 3.05) is 11.2 Å². The molecule has 0 bridgehead atoms. The van der Waals surface area contributed by atoms with E-state index in [1.807, 2.05) is 0 Å². The predicted octanol–water partition coefficient (Wildman–Crippen LogP) is 2.03. The predicted molar refractivity (Wildman–Crippen MR) is 52.7 cm³/mol. The lowest BCUT2D eigenvalue weighted by Gasteiger charge is -2.07. The average molecular weight is 217 g/mol. The molecule has 0 saturated heterocycles. The molecule has 0 aromatic carbocycles. The number of amides is 1. The molecular formula is C9H10ClFN2O. The van der Waals surface area contributed by atoms with Crippen LogP contribution in [-0.2, 0) is 4.79 Å². The van der Waals surface area contributed by atoms with E-state index in [0.717, 1.165) is 0 Å². The van der Waals surface area contributed by atoms with Gasteiger partial charge >= 0.3 is 0 Å². The number of nitrogens with one attached hydrogen (secondary N) is 1. The summed E-state index contributed by atoms with van der Waals surface area (Å²) in [5.41, 5.74) is 0. The number of rotatable bonds is 3. The zero-order valence-corrected chi connectivity index (χ0v) is 8.38. The third-order valence-electron chi connectivity index (χ3n) is 1.65. The van der Waals surface area contributed by atoms with Gasteiger partial charge < -0.3 is 5.32 Å². The third kappa shape index (κ3) is 2.96. The van der Waals surface area contributed by atoms with E-state index in [1.165, 1.54) is 18.2 Å².